The molecule has 0 aromatic rings. The highest BCUT2D eigenvalue weighted by atomic mass is 16.1. The van der Waals surface area contributed by atoms with Crippen molar-refractivity contribution in [2.24, 2.45) is 23.2 Å². The molecule has 0 N–H and O–H groups in total. The average molecular weight is 178 g/mol. The molecule has 0 unspecified atom stereocenters. The largest absolute Gasteiger partial charge is 0.299 e. The minimum Gasteiger partial charge on any atom is -0.299 e. The Morgan fingerprint density at radius 1 is 1.31 bits per heavy atom. The smallest absolute Gasteiger partial charge is 0.137 e. The molecule has 0 radical (unpaired) electrons. The second kappa shape index (κ2) is 2.37. The summed E-state index contributed by atoms with van der Waals surface area (Å²) in [5.41, 5.74) is 0.510. The van der Waals surface area contributed by atoms with Crippen molar-refractivity contribution in [3.63, 3.8) is 0 Å². The number of ketones is 1. The summed E-state index contributed by atoms with van der Waals surface area (Å²) in [6, 6.07) is 0. The van der Waals surface area contributed by atoms with E-state index in [2.05, 4.69) is 6.92 Å². The van der Waals surface area contributed by atoms with Crippen LogP contribution in [0.5, 0.6) is 0 Å². The molecule has 1 nitrogen and oxygen atoms in total. The monoisotopic (exact) mass is 178 g/mol. The molecule has 4 atom stereocenters. The Morgan fingerprint density at radius 2 is 2.15 bits per heavy atom. The van der Waals surface area contributed by atoms with Crippen molar-refractivity contribution >= 4 is 5.78 Å². The third-order valence-corrected chi connectivity index (χ3v) is 5.06. The average Bonchev–Trinajstić information content (AvgIpc) is 2.65. The summed E-state index contributed by atoms with van der Waals surface area (Å²) in [7, 11) is 0. The molecule has 1 heteroatoms. The van der Waals surface area contributed by atoms with E-state index in [4.69, 9.17) is 0 Å². The highest BCUT2D eigenvalue weighted by molar-refractivity contribution is 5.85. The van der Waals surface area contributed by atoms with Gasteiger partial charge < -0.3 is 0 Å². The van der Waals surface area contributed by atoms with E-state index in [1.54, 1.807) is 0 Å². The summed E-state index contributed by atoms with van der Waals surface area (Å²) >= 11 is 0. The molecule has 0 saturated heterocycles. The first-order valence-electron chi connectivity index (χ1n) is 5.77. The molecule has 0 heterocycles. The van der Waals surface area contributed by atoms with Crippen molar-refractivity contribution < 1.29 is 4.79 Å². The minimum atomic E-state index is 0.472. The molecule has 0 aromatic carbocycles. The van der Waals surface area contributed by atoms with E-state index in [0.29, 0.717) is 23.0 Å². The summed E-state index contributed by atoms with van der Waals surface area (Å²) in [5, 5.41) is 0. The summed E-state index contributed by atoms with van der Waals surface area (Å²) in [6.45, 7) is 2.29. The van der Waals surface area contributed by atoms with Gasteiger partial charge in [-0.3, -0.25) is 4.79 Å². The normalized spacial score (nSPS) is 53.9. The van der Waals surface area contributed by atoms with Crippen LogP contribution in [0.1, 0.15) is 45.4 Å². The van der Waals surface area contributed by atoms with E-state index in [9.17, 15) is 4.79 Å². The van der Waals surface area contributed by atoms with Gasteiger partial charge >= 0.3 is 0 Å². The lowest BCUT2D eigenvalue weighted by Crippen LogP contribution is -2.26. The van der Waals surface area contributed by atoms with Gasteiger partial charge in [0.1, 0.15) is 5.78 Å². The number of Topliss-reactive ketones (excluding diaryl/α,β-unsaturated/α-hetero) is 1. The zero-order valence-electron chi connectivity index (χ0n) is 8.38. The Hall–Kier alpha value is -0.330. The molecule has 3 saturated carbocycles. The van der Waals surface area contributed by atoms with Crippen molar-refractivity contribution in [2.75, 3.05) is 0 Å². The molecular weight excluding hydrogens is 160 g/mol. The quantitative estimate of drug-likeness (QED) is 0.557. The van der Waals surface area contributed by atoms with Crippen LogP contribution in [0, 0.1) is 23.2 Å². The maximum atomic E-state index is 11.9. The molecule has 1 spiro atoms. The van der Waals surface area contributed by atoms with Crippen molar-refractivity contribution in [3.05, 3.63) is 0 Å². The first kappa shape index (κ1) is 8.02. The second-order valence-corrected chi connectivity index (χ2v) is 5.49. The van der Waals surface area contributed by atoms with Gasteiger partial charge in [-0.2, -0.15) is 0 Å². The molecule has 0 aliphatic heterocycles. The predicted molar refractivity (Wildman–Crippen MR) is 51.3 cm³/mol. The number of carbonyl (C=O) groups is 1. The maximum Gasteiger partial charge on any atom is 0.137 e. The highest BCUT2D eigenvalue weighted by Crippen LogP contribution is 2.64. The van der Waals surface area contributed by atoms with Gasteiger partial charge in [-0.05, 0) is 42.9 Å². The molecule has 13 heavy (non-hydrogen) atoms. The fraction of sp³-hybridized carbons (Fsp3) is 0.917. The summed E-state index contributed by atoms with van der Waals surface area (Å²) in [5.74, 6) is 2.56. The molecule has 0 amide bonds. The van der Waals surface area contributed by atoms with Gasteiger partial charge in [0.2, 0.25) is 0 Å². The van der Waals surface area contributed by atoms with Gasteiger partial charge in [0.15, 0.2) is 0 Å². The number of rotatable bonds is 0. The van der Waals surface area contributed by atoms with Crippen LogP contribution in [0.15, 0.2) is 0 Å². The molecule has 3 rings (SSSR count). The Labute approximate surface area is 79.9 Å². The topological polar surface area (TPSA) is 17.1 Å². The number of hydrogen-bond acceptors (Lipinski definition) is 1. The van der Waals surface area contributed by atoms with Gasteiger partial charge in [-0.1, -0.05) is 13.3 Å². The molecule has 72 valence electrons. The fourth-order valence-electron chi connectivity index (χ4n) is 4.61. The van der Waals surface area contributed by atoms with E-state index in [0.717, 1.165) is 12.3 Å². The first-order chi connectivity index (χ1) is 6.24. The summed E-state index contributed by atoms with van der Waals surface area (Å²) < 4.78 is 0. The zero-order valence-corrected chi connectivity index (χ0v) is 8.38. The Balaban J connectivity index is 2.03. The van der Waals surface area contributed by atoms with Gasteiger partial charge in [0.25, 0.3) is 0 Å². The molecule has 3 fully saturated rings. The van der Waals surface area contributed by atoms with E-state index < -0.39 is 0 Å². The van der Waals surface area contributed by atoms with Gasteiger partial charge in [0, 0.05) is 12.3 Å². The van der Waals surface area contributed by atoms with Gasteiger partial charge in [-0.15, -0.1) is 0 Å². The van der Waals surface area contributed by atoms with Crippen LogP contribution in [0.2, 0.25) is 0 Å². The summed E-state index contributed by atoms with van der Waals surface area (Å²) in [4.78, 5) is 11.9. The molecule has 0 bridgehead atoms. The van der Waals surface area contributed by atoms with Crippen molar-refractivity contribution in [1.29, 1.82) is 0 Å². The van der Waals surface area contributed by atoms with Crippen molar-refractivity contribution in [2.45, 2.75) is 45.4 Å². The van der Waals surface area contributed by atoms with Crippen LogP contribution in [-0.2, 0) is 4.79 Å². The first-order valence-corrected chi connectivity index (χ1v) is 5.77. The number of carbonyl (C=O) groups excluding carboxylic acids is 1. The lowest BCUT2D eigenvalue weighted by atomic mass is 9.74. The van der Waals surface area contributed by atoms with Crippen LogP contribution in [-0.4, -0.2) is 5.78 Å². The Kier molecular flexibility index (Phi) is 1.46. The predicted octanol–water partition coefficient (Wildman–Crippen LogP) is 2.79. The highest BCUT2D eigenvalue weighted by Gasteiger charge is 2.60. The Morgan fingerprint density at radius 3 is 3.00 bits per heavy atom. The second-order valence-electron chi connectivity index (χ2n) is 5.49. The van der Waals surface area contributed by atoms with E-state index in [-0.39, 0.29) is 0 Å². The minimum absolute atomic E-state index is 0.472. The molecule has 0 aromatic heterocycles. The van der Waals surface area contributed by atoms with E-state index in [1.807, 2.05) is 0 Å². The van der Waals surface area contributed by atoms with Crippen LogP contribution in [0.4, 0.5) is 0 Å². The van der Waals surface area contributed by atoms with Crippen LogP contribution in [0.25, 0.3) is 0 Å². The zero-order chi connectivity index (χ0) is 9.05. The SMILES string of the molecule is C[C@@H]1CC[C@@]23CCC[C@@H]2CC(=O)[C@@H]13. The standard InChI is InChI=1S/C12H18O/c1-8-4-6-12-5-2-3-9(12)7-10(13)11(8)12/h8-9,11H,2-7H2,1H3/t8-,9-,11-,12+/m1/s1. The number of hydrogen-bond donors (Lipinski definition) is 0. The van der Waals surface area contributed by atoms with Gasteiger partial charge in [0.05, 0.1) is 0 Å². The molecule has 3 aliphatic rings. The third-order valence-electron chi connectivity index (χ3n) is 5.06. The van der Waals surface area contributed by atoms with Crippen LogP contribution < -0.4 is 0 Å². The Bertz CT molecular complexity index is 258. The fourth-order valence-corrected chi connectivity index (χ4v) is 4.61. The lowest BCUT2D eigenvalue weighted by Gasteiger charge is -2.29. The maximum absolute atomic E-state index is 11.9. The van der Waals surface area contributed by atoms with E-state index in [1.165, 1.54) is 32.1 Å². The van der Waals surface area contributed by atoms with Crippen LogP contribution >= 0.6 is 0 Å². The molecular formula is C12H18O. The molecule has 3 aliphatic carbocycles. The van der Waals surface area contributed by atoms with E-state index >= 15 is 0 Å². The van der Waals surface area contributed by atoms with Gasteiger partial charge in [-0.25, -0.2) is 0 Å². The van der Waals surface area contributed by atoms with Crippen molar-refractivity contribution in [1.82, 2.24) is 0 Å². The summed E-state index contributed by atoms with van der Waals surface area (Å²) in [6.07, 6.45) is 7.69. The van der Waals surface area contributed by atoms with Crippen molar-refractivity contribution in [3.8, 4) is 0 Å². The third kappa shape index (κ3) is 0.812. The lowest BCUT2D eigenvalue weighted by molar-refractivity contribution is -0.122. The van der Waals surface area contributed by atoms with Crippen LogP contribution in [0.3, 0.4) is 0 Å².